The zero-order chi connectivity index (χ0) is 29.3. The molecular weight excluding hydrogens is 522 g/mol. The number of rotatable bonds is 8. The molecule has 3 atom stereocenters. The van der Waals surface area contributed by atoms with Crippen LogP contribution in [0, 0.1) is 13.8 Å². The minimum absolute atomic E-state index is 0.147. The van der Waals surface area contributed by atoms with Gasteiger partial charge in [-0.3, -0.25) is 14.4 Å². The van der Waals surface area contributed by atoms with Crippen LogP contribution in [0.3, 0.4) is 0 Å². The van der Waals surface area contributed by atoms with E-state index in [9.17, 15) is 24.6 Å². The largest absolute Gasteiger partial charge is 0.508 e. The summed E-state index contributed by atoms with van der Waals surface area (Å²) in [7, 11) is 0. The monoisotopic (exact) mass is 555 g/mol. The van der Waals surface area contributed by atoms with Crippen molar-refractivity contribution in [2.45, 2.75) is 51.2 Å². The van der Waals surface area contributed by atoms with Crippen LogP contribution in [0.4, 0.5) is 0 Å². The highest BCUT2D eigenvalue weighted by Gasteiger charge is 2.39. The summed E-state index contributed by atoms with van der Waals surface area (Å²) in [6, 6.07) is 15.1. The normalized spacial score (nSPS) is 16.2. The molecule has 4 aromatic rings. The van der Waals surface area contributed by atoms with Crippen molar-refractivity contribution >= 4 is 28.8 Å². The maximum absolute atomic E-state index is 14.0. The Morgan fingerprint density at radius 1 is 1.10 bits per heavy atom. The van der Waals surface area contributed by atoms with Crippen molar-refractivity contribution in [3.8, 4) is 5.75 Å². The van der Waals surface area contributed by atoms with Crippen molar-refractivity contribution in [2.75, 3.05) is 6.54 Å². The molecule has 212 valence electrons. The number of benzene rings is 3. The van der Waals surface area contributed by atoms with E-state index in [0.717, 1.165) is 27.8 Å². The molecule has 10 nitrogen and oxygen atoms in total. The van der Waals surface area contributed by atoms with Gasteiger partial charge in [0.1, 0.15) is 17.6 Å². The lowest BCUT2D eigenvalue weighted by Crippen LogP contribution is -2.53. The van der Waals surface area contributed by atoms with Crippen LogP contribution in [0.25, 0.3) is 11.0 Å². The fourth-order valence-corrected chi connectivity index (χ4v) is 5.68. The Kier molecular flexibility index (Phi) is 7.76. The van der Waals surface area contributed by atoms with Crippen molar-refractivity contribution in [1.82, 2.24) is 20.2 Å². The lowest BCUT2D eigenvalue weighted by Gasteiger charge is -2.38. The highest BCUT2D eigenvalue weighted by molar-refractivity contribution is 5.92. The third kappa shape index (κ3) is 5.78. The number of nitrogens with one attached hydrogen (secondary N) is 2. The predicted octanol–water partition coefficient (Wildman–Crippen LogP) is 3.21. The van der Waals surface area contributed by atoms with E-state index in [-0.39, 0.29) is 24.6 Å². The first-order chi connectivity index (χ1) is 19.6. The molecule has 0 aliphatic carbocycles. The number of carbonyl (C=O) groups excluding carboxylic acids is 2. The lowest BCUT2D eigenvalue weighted by molar-refractivity contribution is -0.143. The number of aryl methyl sites for hydroxylation is 2. The molecule has 10 heteroatoms. The van der Waals surface area contributed by atoms with Crippen LogP contribution in [0.15, 0.2) is 60.7 Å². The second-order valence-corrected chi connectivity index (χ2v) is 10.5. The lowest BCUT2D eigenvalue weighted by atomic mass is 9.90. The molecule has 1 aliphatic heterocycles. The van der Waals surface area contributed by atoms with Crippen LogP contribution < -0.4 is 11.1 Å². The van der Waals surface area contributed by atoms with Gasteiger partial charge in [-0.05, 0) is 78.8 Å². The zero-order valence-corrected chi connectivity index (χ0v) is 22.9. The third-order valence-electron chi connectivity index (χ3n) is 7.67. The van der Waals surface area contributed by atoms with Crippen LogP contribution in [0.2, 0.25) is 0 Å². The summed E-state index contributed by atoms with van der Waals surface area (Å²) in [5, 5.41) is 22.4. The van der Waals surface area contributed by atoms with Crippen LogP contribution >= 0.6 is 0 Å². The number of aromatic hydroxyl groups is 1. The summed E-state index contributed by atoms with van der Waals surface area (Å²) in [6.07, 6.45) is 0.397. The fourth-order valence-electron chi connectivity index (χ4n) is 5.68. The number of aromatic amines is 1. The molecule has 41 heavy (non-hydrogen) atoms. The van der Waals surface area contributed by atoms with E-state index in [1.54, 1.807) is 18.2 Å². The molecule has 2 amide bonds. The van der Waals surface area contributed by atoms with Gasteiger partial charge in [0.2, 0.25) is 11.8 Å². The molecule has 0 saturated carbocycles. The number of hydrogen-bond acceptors (Lipinski definition) is 6. The van der Waals surface area contributed by atoms with E-state index in [0.29, 0.717) is 23.3 Å². The number of aliphatic carboxylic acids is 1. The highest BCUT2D eigenvalue weighted by atomic mass is 16.4. The number of carboxylic acid groups (broad SMARTS) is 1. The average Bonchev–Trinajstić information content (AvgIpc) is 3.37. The number of phenolic OH excluding ortho intramolecular Hbond substituents is 1. The number of imidazole rings is 1. The molecule has 1 unspecified atom stereocenters. The molecule has 0 saturated heterocycles. The minimum atomic E-state index is -1.10. The summed E-state index contributed by atoms with van der Waals surface area (Å²) >= 11 is 0. The van der Waals surface area contributed by atoms with Gasteiger partial charge in [-0.25, -0.2) is 4.98 Å². The van der Waals surface area contributed by atoms with Crippen LogP contribution in [0.5, 0.6) is 5.75 Å². The topological polar surface area (TPSA) is 162 Å². The quantitative estimate of drug-likeness (QED) is 0.223. The molecule has 0 fully saturated rings. The van der Waals surface area contributed by atoms with Crippen molar-refractivity contribution < 1.29 is 24.6 Å². The Morgan fingerprint density at radius 3 is 2.49 bits per heavy atom. The number of carbonyl (C=O) groups is 3. The maximum atomic E-state index is 14.0. The van der Waals surface area contributed by atoms with E-state index in [1.807, 2.05) is 56.3 Å². The number of carboxylic acids is 1. The molecule has 1 aromatic heterocycles. The van der Waals surface area contributed by atoms with Gasteiger partial charge in [0.05, 0.1) is 29.5 Å². The van der Waals surface area contributed by atoms with Crippen molar-refractivity contribution in [2.24, 2.45) is 5.73 Å². The first kappa shape index (κ1) is 27.9. The second-order valence-electron chi connectivity index (χ2n) is 10.5. The second kappa shape index (κ2) is 11.4. The van der Waals surface area contributed by atoms with Gasteiger partial charge in [-0.2, -0.15) is 0 Å². The summed E-state index contributed by atoms with van der Waals surface area (Å²) < 4.78 is 0. The van der Waals surface area contributed by atoms with E-state index in [2.05, 4.69) is 15.3 Å². The molecule has 0 bridgehead atoms. The van der Waals surface area contributed by atoms with Crippen molar-refractivity contribution in [3.63, 3.8) is 0 Å². The number of hydrogen-bond donors (Lipinski definition) is 5. The van der Waals surface area contributed by atoms with Crippen molar-refractivity contribution in [1.29, 1.82) is 0 Å². The van der Waals surface area contributed by atoms with E-state index >= 15 is 0 Å². The Morgan fingerprint density at radius 2 is 1.78 bits per heavy atom. The van der Waals surface area contributed by atoms with E-state index in [4.69, 9.17) is 5.73 Å². The van der Waals surface area contributed by atoms with Crippen LogP contribution in [0.1, 0.15) is 52.1 Å². The number of H-pyrrole nitrogens is 1. The fraction of sp³-hybridized carbons (Fsp3) is 0.290. The first-order valence-electron chi connectivity index (χ1n) is 13.5. The Bertz CT molecular complexity index is 1570. The number of nitrogens with zero attached hydrogens (tertiary/aromatic N) is 2. The standard InChI is InChI=1S/C31H33N5O5/c1-17-13-20(37)14-18(2)22(17)15-23(32)31(41)36-12-11-19-7-3-4-8-21(19)28(36)30(40)35-26(16-27(38)39)29-33-24-9-5-6-10-25(24)34-29/h3-10,13-14,23,26,28,37H,11-12,15-16,32H2,1-2H3,(H,33,34)(H,35,40)(H,38,39)/t23-,26?,28-/m0/s1. The average molecular weight is 556 g/mol. The number of fused-ring (bicyclic) bond motifs is 2. The Labute approximate surface area is 237 Å². The van der Waals surface area contributed by atoms with Gasteiger partial charge in [0, 0.05) is 6.54 Å². The van der Waals surface area contributed by atoms with Crippen LogP contribution in [-0.2, 0) is 27.2 Å². The number of nitrogens with two attached hydrogens (primary N) is 1. The predicted molar refractivity (Wildman–Crippen MR) is 153 cm³/mol. The highest BCUT2D eigenvalue weighted by Crippen LogP contribution is 2.32. The van der Waals surface area contributed by atoms with E-state index < -0.39 is 36.4 Å². The van der Waals surface area contributed by atoms with Gasteiger partial charge in [-0.1, -0.05) is 36.4 Å². The number of amides is 2. The molecule has 0 spiro atoms. The molecule has 5 rings (SSSR count). The number of aromatic nitrogens is 2. The third-order valence-corrected chi connectivity index (χ3v) is 7.67. The first-order valence-corrected chi connectivity index (χ1v) is 13.5. The van der Waals surface area contributed by atoms with Gasteiger partial charge >= 0.3 is 5.97 Å². The smallest absolute Gasteiger partial charge is 0.305 e. The Hall–Kier alpha value is -4.70. The van der Waals surface area contributed by atoms with Crippen LogP contribution in [-0.4, -0.2) is 55.5 Å². The van der Waals surface area contributed by atoms with E-state index in [1.165, 1.54) is 4.90 Å². The zero-order valence-electron chi connectivity index (χ0n) is 22.9. The molecule has 3 aromatic carbocycles. The van der Waals surface area contributed by atoms with Crippen molar-refractivity contribution in [3.05, 3.63) is 94.3 Å². The van der Waals surface area contributed by atoms with Gasteiger partial charge in [0.15, 0.2) is 0 Å². The summed E-state index contributed by atoms with van der Waals surface area (Å²) in [4.78, 5) is 48.7. The SMILES string of the molecule is Cc1cc(O)cc(C)c1C[C@H](N)C(=O)N1CCc2ccccc2[C@H]1C(=O)NC(CC(=O)O)c1nc2ccccc2[nH]1. The van der Waals surface area contributed by atoms with Gasteiger partial charge in [-0.15, -0.1) is 0 Å². The summed E-state index contributed by atoms with van der Waals surface area (Å²) in [6.45, 7) is 3.99. The van der Waals surface area contributed by atoms with Gasteiger partial charge in [0.25, 0.3) is 0 Å². The molecule has 0 radical (unpaired) electrons. The molecule has 6 N–H and O–H groups in total. The molecule has 1 aliphatic rings. The number of para-hydroxylation sites is 2. The maximum Gasteiger partial charge on any atom is 0.305 e. The Balaban J connectivity index is 1.45. The summed E-state index contributed by atoms with van der Waals surface area (Å²) in [5.41, 5.74) is 12.0. The molecular formula is C31H33N5O5. The summed E-state index contributed by atoms with van der Waals surface area (Å²) in [5.74, 6) is -1.53. The molecule has 2 heterocycles. The van der Waals surface area contributed by atoms with Gasteiger partial charge < -0.3 is 31.1 Å². The number of phenols is 1. The minimum Gasteiger partial charge on any atom is -0.508 e.